The summed E-state index contributed by atoms with van der Waals surface area (Å²) in [7, 11) is 0. The summed E-state index contributed by atoms with van der Waals surface area (Å²) in [5, 5.41) is 2.92. The molecule has 1 aromatic carbocycles. The molecule has 2 nitrogen and oxygen atoms in total. The molecule has 1 atom stereocenters. The fourth-order valence-corrected chi connectivity index (χ4v) is 2.31. The predicted molar refractivity (Wildman–Crippen MR) is 66.6 cm³/mol. The maximum absolute atomic E-state index is 12.9. The average molecular weight is 324 g/mol. The van der Waals surface area contributed by atoms with Gasteiger partial charge >= 0.3 is 6.18 Å². The van der Waals surface area contributed by atoms with E-state index in [9.17, 15) is 13.2 Å². The van der Waals surface area contributed by atoms with Gasteiger partial charge in [-0.15, -0.1) is 0 Å². The largest absolute Gasteiger partial charge is 0.418 e. The van der Waals surface area contributed by atoms with E-state index in [1.807, 2.05) is 0 Å². The summed E-state index contributed by atoms with van der Waals surface area (Å²) in [5.41, 5.74) is -0.538. The highest BCUT2D eigenvalue weighted by molar-refractivity contribution is 9.10. The number of alkyl halides is 3. The van der Waals surface area contributed by atoms with Gasteiger partial charge in [0.05, 0.1) is 12.2 Å². The summed E-state index contributed by atoms with van der Waals surface area (Å²) >= 11 is 3.06. The van der Waals surface area contributed by atoms with Crippen LogP contribution >= 0.6 is 15.9 Å². The molecule has 1 aliphatic heterocycles. The van der Waals surface area contributed by atoms with Gasteiger partial charge in [0.1, 0.15) is 0 Å². The number of rotatable bonds is 2. The van der Waals surface area contributed by atoms with Gasteiger partial charge in [-0.1, -0.05) is 15.9 Å². The Labute approximate surface area is 112 Å². The van der Waals surface area contributed by atoms with E-state index in [0.29, 0.717) is 17.7 Å². The predicted octanol–water partition coefficient (Wildman–Crippen LogP) is 4.06. The number of anilines is 1. The fourth-order valence-electron chi connectivity index (χ4n) is 1.95. The van der Waals surface area contributed by atoms with Crippen molar-refractivity contribution in [1.29, 1.82) is 0 Å². The van der Waals surface area contributed by atoms with Gasteiger partial charge in [0.15, 0.2) is 0 Å². The van der Waals surface area contributed by atoms with Crippen LogP contribution in [0, 0.1) is 0 Å². The second kappa shape index (κ2) is 5.48. The molecule has 18 heavy (non-hydrogen) atoms. The van der Waals surface area contributed by atoms with Crippen LogP contribution in [0.25, 0.3) is 0 Å². The van der Waals surface area contributed by atoms with E-state index >= 15 is 0 Å². The van der Waals surface area contributed by atoms with Crippen LogP contribution in [0.1, 0.15) is 18.4 Å². The van der Waals surface area contributed by atoms with Crippen molar-refractivity contribution in [1.82, 2.24) is 0 Å². The van der Waals surface area contributed by atoms with Crippen LogP contribution < -0.4 is 5.32 Å². The first-order chi connectivity index (χ1) is 8.47. The van der Waals surface area contributed by atoms with E-state index in [1.165, 1.54) is 6.07 Å². The van der Waals surface area contributed by atoms with E-state index in [4.69, 9.17) is 4.74 Å². The third-order valence-electron chi connectivity index (χ3n) is 2.81. The molecule has 1 unspecified atom stereocenters. The first-order valence-electron chi connectivity index (χ1n) is 5.68. The summed E-state index contributed by atoms with van der Waals surface area (Å²) in [6.45, 7) is 1.14. The third-order valence-corrected chi connectivity index (χ3v) is 3.30. The van der Waals surface area contributed by atoms with Crippen LogP contribution in [0.5, 0.6) is 0 Å². The average Bonchev–Trinajstić information content (AvgIpc) is 2.31. The Morgan fingerprint density at radius 2 is 2.11 bits per heavy atom. The molecule has 1 aromatic rings. The first-order valence-corrected chi connectivity index (χ1v) is 6.47. The van der Waals surface area contributed by atoms with Crippen LogP contribution in [0.3, 0.4) is 0 Å². The number of halogens is 4. The lowest BCUT2D eigenvalue weighted by atomic mass is 10.1. The molecule has 1 fully saturated rings. The van der Waals surface area contributed by atoms with E-state index in [2.05, 4.69) is 21.2 Å². The molecule has 0 bridgehead atoms. The maximum Gasteiger partial charge on any atom is 0.418 e. The van der Waals surface area contributed by atoms with Gasteiger partial charge in [-0.2, -0.15) is 13.2 Å². The quantitative estimate of drug-likeness (QED) is 0.886. The van der Waals surface area contributed by atoms with Gasteiger partial charge in [0, 0.05) is 22.8 Å². The molecule has 1 N–H and O–H groups in total. The molecule has 0 amide bonds. The van der Waals surface area contributed by atoms with Gasteiger partial charge < -0.3 is 10.1 Å². The van der Waals surface area contributed by atoms with Crippen molar-refractivity contribution >= 4 is 21.6 Å². The SMILES string of the molecule is FC(F)(F)c1cc(Br)ccc1NC1CCCOC1. The van der Waals surface area contributed by atoms with Crippen LogP contribution in [-0.2, 0) is 10.9 Å². The van der Waals surface area contributed by atoms with Crippen molar-refractivity contribution in [2.75, 3.05) is 18.5 Å². The third kappa shape index (κ3) is 3.38. The Morgan fingerprint density at radius 3 is 2.72 bits per heavy atom. The molecule has 2 rings (SSSR count). The summed E-state index contributed by atoms with van der Waals surface area (Å²) < 4.78 is 44.3. The minimum atomic E-state index is -4.36. The highest BCUT2D eigenvalue weighted by atomic mass is 79.9. The normalized spacial score (nSPS) is 20.8. The fraction of sp³-hybridized carbons (Fsp3) is 0.500. The highest BCUT2D eigenvalue weighted by Crippen LogP contribution is 2.37. The van der Waals surface area contributed by atoms with Crippen LogP contribution in [0.4, 0.5) is 18.9 Å². The van der Waals surface area contributed by atoms with E-state index in [1.54, 1.807) is 6.07 Å². The van der Waals surface area contributed by atoms with E-state index in [-0.39, 0.29) is 11.7 Å². The Hall–Kier alpha value is -0.750. The molecule has 6 heteroatoms. The van der Waals surface area contributed by atoms with Crippen molar-refractivity contribution < 1.29 is 17.9 Å². The van der Waals surface area contributed by atoms with Gasteiger partial charge in [-0.3, -0.25) is 0 Å². The number of nitrogens with one attached hydrogen (secondary N) is 1. The molecule has 0 aliphatic carbocycles. The van der Waals surface area contributed by atoms with Crippen molar-refractivity contribution in [3.05, 3.63) is 28.2 Å². The van der Waals surface area contributed by atoms with Gasteiger partial charge in [-0.25, -0.2) is 0 Å². The summed E-state index contributed by atoms with van der Waals surface area (Å²) in [5.74, 6) is 0. The Kier molecular flexibility index (Phi) is 4.17. The van der Waals surface area contributed by atoms with Crippen molar-refractivity contribution in [3.63, 3.8) is 0 Å². The van der Waals surface area contributed by atoms with E-state index < -0.39 is 11.7 Å². The molecule has 0 radical (unpaired) electrons. The standard InChI is InChI=1S/C12H13BrF3NO/c13-8-3-4-11(10(6-8)12(14,15)16)17-9-2-1-5-18-7-9/h3-4,6,9,17H,1-2,5,7H2. The summed E-state index contributed by atoms with van der Waals surface area (Å²) in [6, 6.07) is 4.08. The molecule has 1 heterocycles. The Balaban J connectivity index is 2.21. The molecule has 1 aliphatic rings. The summed E-state index contributed by atoms with van der Waals surface area (Å²) in [6.07, 6.45) is -2.66. The molecule has 1 saturated heterocycles. The van der Waals surface area contributed by atoms with Crippen LogP contribution in [0.15, 0.2) is 22.7 Å². The second-order valence-corrected chi connectivity index (χ2v) is 5.16. The van der Waals surface area contributed by atoms with Crippen LogP contribution in [0.2, 0.25) is 0 Å². The van der Waals surface area contributed by atoms with Crippen molar-refractivity contribution in [2.24, 2.45) is 0 Å². The lowest BCUT2D eigenvalue weighted by Gasteiger charge is -2.25. The Bertz CT molecular complexity index is 416. The lowest BCUT2D eigenvalue weighted by molar-refractivity contribution is -0.137. The van der Waals surface area contributed by atoms with Gasteiger partial charge in [0.25, 0.3) is 0 Å². The number of ether oxygens (including phenoxy) is 1. The smallest absolute Gasteiger partial charge is 0.379 e. The van der Waals surface area contributed by atoms with E-state index in [0.717, 1.165) is 18.9 Å². The Morgan fingerprint density at radius 1 is 1.33 bits per heavy atom. The molecule has 0 aromatic heterocycles. The number of hydrogen-bond donors (Lipinski definition) is 1. The minimum absolute atomic E-state index is 0.0546. The topological polar surface area (TPSA) is 21.3 Å². The number of hydrogen-bond acceptors (Lipinski definition) is 2. The monoisotopic (exact) mass is 323 g/mol. The zero-order valence-electron chi connectivity index (χ0n) is 9.56. The van der Waals surface area contributed by atoms with Crippen molar-refractivity contribution in [2.45, 2.75) is 25.1 Å². The molecular formula is C12H13BrF3NO. The molecule has 100 valence electrons. The van der Waals surface area contributed by atoms with Crippen molar-refractivity contribution in [3.8, 4) is 0 Å². The zero-order chi connectivity index (χ0) is 13.2. The zero-order valence-corrected chi connectivity index (χ0v) is 11.1. The lowest BCUT2D eigenvalue weighted by Crippen LogP contribution is -2.30. The molecule has 0 saturated carbocycles. The minimum Gasteiger partial charge on any atom is -0.379 e. The van der Waals surface area contributed by atoms with Gasteiger partial charge in [0.2, 0.25) is 0 Å². The highest BCUT2D eigenvalue weighted by Gasteiger charge is 2.34. The molecular weight excluding hydrogens is 311 g/mol. The van der Waals surface area contributed by atoms with Crippen LogP contribution in [-0.4, -0.2) is 19.3 Å². The second-order valence-electron chi connectivity index (χ2n) is 4.25. The number of benzene rings is 1. The summed E-state index contributed by atoms with van der Waals surface area (Å²) in [4.78, 5) is 0. The maximum atomic E-state index is 12.9. The van der Waals surface area contributed by atoms with Gasteiger partial charge in [-0.05, 0) is 31.0 Å². The molecule has 0 spiro atoms. The first kappa shape index (κ1) is 13.7.